The number of benzene rings is 2. The van der Waals surface area contributed by atoms with E-state index in [1.54, 1.807) is 12.1 Å². The monoisotopic (exact) mass is 288 g/mol. The molecular weight excluding hydrogens is 276 g/mol. The van der Waals surface area contributed by atoms with Crippen LogP contribution in [-0.4, -0.2) is 16.2 Å². The summed E-state index contributed by atoms with van der Waals surface area (Å²) in [6.45, 7) is 0. The summed E-state index contributed by atoms with van der Waals surface area (Å²) in [6, 6.07) is 14.7. The molecule has 0 amide bonds. The van der Waals surface area contributed by atoms with E-state index in [4.69, 9.17) is 16.7 Å². The summed E-state index contributed by atoms with van der Waals surface area (Å²) in [7, 11) is 0. The van der Waals surface area contributed by atoms with Crippen molar-refractivity contribution in [2.45, 2.75) is 6.10 Å². The summed E-state index contributed by atoms with van der Waals surface area (Å²) in [6.07, 6.45) is 1.21. The van der Waals surface area contributed by atoms with Gasteiger partial charge in [0.1, 0.15) is 0 Å². The normalized spacial score (nSPS) is 12.5. The van der Waals surface area contributed by atoms with Gasteiger partial charge in [0, 0.05) is 16.7 Å². The Kier molecular flexibility index (Phi) is 4.56. The molecule has 1 unspecified atom stereocenters. The number of carboxylic acids is 1. The number of hydrogen-bond donors (Lipinski definition) is 2. The number of halogens is 1. The third-order valence-electron chi connectivity index (χ3n) is 2.86. The number of hydrogen-bond acceptors (Lipinski definition) is 2. The van der Waals surface area contributed by atoms with Crippen molar-refractivity contribution < 1.29 is 15.0 Å². The van der Waals surface area contributed by atoms with Crippen LogP contribution in [0.25, 0.3) is 11.1 Å². The highest BCUT2D eigenvalue weighted by Gasteiger charge is 2.06. The highest BCUT2D eigenvalue weighted by Crippen LogP contribution is 2.28. The minimum atomic E-state index is -1.09. The molecule has 102 valence electrons. The van der Waals surface area contributed by atoms with Crippen molar-refractivity contribution in [1.82, 2.24) is 0 Å². The Morgan fingerprint density at radius 3 is 2.35 bits per heavy atom. The van der Waals surface area contributed by atoms with Gasteiger partial charge in [-0.2, -0.15) is 0 Å². The molecule has 0 aliphatic carbocycles. The van der Waals surface area contributed by atoms with Crippen LogP contribution >= 0.6 is 11.6 Å². The third kappa shape index (κ3) is 3.47. The van der Waals surface area contributed by atoms with Crippen molar-refractivity contribution in [3.63, 3.8) is 0 Å². The first-order valence-electron chi connectivity index (χ1n) is 6.02. The number of aliphatic carboxylic acids is 1. The van der Waals surface area contributed by atoms with Crippen molar-refractivity contribution in [2.24, 2.45) is 0 Å². The fraction of sp³-hybridized carbons (Fsp3) is 0.0625. The largest absolute Gasteiger partial charge is 0.478 e. The first-order valence-corrected chi connectivity index (χ1v) is 6.40. The lowest BCUT2D eigenvalue weighted by molar-refractivity contribution is -0.131. The van der Waals surface area contributed by atoms with Crippen molar-refractivity contribution in [3.8, 4) is 11.1 Å². The Bertz CT molecular complexity index is 632. The highest BCUT2D eigenvalue weighted by molar-refractivity contribution is 6.33. The molecule has 0 aliphatic heterocycles. The van der Waals surface area contributed by atoms with Gasteiger partial charge in [-0.25, -0.2) is 4.79 Å². The van der Waals surface area contributed by atoms with Crippen LogP contribution in [0.2, 0.25) is 5.02 Å². The molecule has 2 N–H and O–H groups in total. The number of carbonyl (C=O) groups is 1. The Morgan fingerprint density at radius 2 is 1.75 bits per heavy atom. The van der Waals surface area contributed by atoms with Crippen LogP contribution < -0.4 is 0 Å². The first-order chi connectivity index (χ1) is 9.58. The maximum absolute atomic E-state index is 10.4. The molecule has 2 rings (SSSR count). The van der Waals surface area contributed by atoms with Crippen LogP contribution in [0.4, 0.5) is 0 Å². The second-order valence-corrected chi connectivity index (χ2v) is 4.65. The first kappa shape index (κ1) is 14.3. The van der Waals surface area contributed by atoms with Gasteiger partial charge in [-0.3, -0.25) is 0 Å². The molecule has 20 heavy (non-hydrogen) atoms. The lowest BCUT2D eigenvalue weighted by Crippen LogP contribution is -1.95. The number of carboxylic acid groups (broad SMARTS) is 1. The topological polar surface area (TPSA) is 57.5 Å². The van der Waals surface area contributed by atoms with Crippen molar-refractivity contribution in [2.75, 3.05) is 0 Å². The van der Waals surface area contributed by atoms with E-state index in [0.717, 1.165) is 17.2 Å². The van der Waals surface area contributed by atoms with Crippen LogP contribution in [0.5, 0.6) is 0 Å². The van der Waals surface area contributed by atoms with Crippen LogP contribution in [0.15, 0.2) is 60.7 Å². The Balaban J connectivity index is 2.23. The molecule has 2 aromatic carbocycles. The molecule has 0 radical (unpaired) electrons. The summed E-state index contributed by atoms with van der Waals surface area (Å²) in [5.41, 5.74) is 2.48. The average Bonchev–Trinajstić information content (AvgIpc) is 2.45. The van der Waals surface area contributed by atoms with Crippen LogP contribution in [-0.2, 0) is 4.79 Å². The Hall–Kier alpha value is -2.10. The Labute approximate surface area is 121 Å². The van der Waals surface area contributed by atoms with E-state index in [0.29, 0.717) is 10.6 Å². The van der Waals surface area contributed by atoms with Gasteiger partial charge in [0.15, 0.2) is 0 Å². The second-order valence-electron chi connectivity index (χ2n) is 4.24. The molecule has 0 saturated carbocycles. The fourth-order valence-electron chi connectivity index (χ4n) is 1.84. The fourth-order valence-corrected chi connectivity index (χ4v) is 2.08. The number of rotatable bonds is 4. The van der Waals surface area contributed by atoms with Crippen molar-refractivity contribution >= 4 is 17.6 Å². The molecule has 0 aromatic heterocycles. The van der Waals surface area contributed by atoms with Gasteiger partial charge in [-0.05, 0) is 23.3 Å². The van der Waals surface area contributed by atoms with Crippen LogP contribution in [0, 0.1) is 0 Å². The van der Waals surface area contributed by atoms with E-state index in [1.807, 2.05) is 36.4 Å². The zero-order valence-corrected chi connectivity index (χ0v) is 11.3. The third-order valence-corrected chi connectivity index (χ3v) is 3.19. The summed E-state index contributed by atoms with van der Waals surface area (Å²) in [4.78, 5) is 10.4. The lowest BCUT2D eigenvalue weighted by atomic mass is 10.0. The lowest BCUT2D eigenvalue weighted by Gasteiger charge is -2.08. The van der Waals surface area contributed by atoms with Gasteiger partial charge in [0.2, 0.25) is 0 Å². The van der Waals surface area contributed by atoms with E-state index < -0.39 is 12.1 Å². The van der Waals surface area contributed by atoms with Gasteiger partial charge < -0.3 is 10.2 Å². The predicted octanol–water partition coefficient (Wildman–Crippen LogP) is 3.68. The molecule has 0 aliphatic rings. The summed E-state index contributed by atoms with van der Waals surface area (Å²) in [5, 5.41) is 19.0. The molecule has 0 spiro atoms. The van der Waals surface area contributed by atoms with Crippen molar-refractivity contribution in [1.29, 1.82) is 0 Å². The molecule has 1 atom stereocenters. The van der Waals surface area contributed by atoms with E-state index in [1.165, 1.54) is 6.08 Å². The van der Waals surface area contributed by atoms with Crippen molar-refractivity contribution in [3.05, 3.63) is 71.3 Å². The molecule has 4 heteroatoms. The molecule has 0 bridgehead atoms. The van der Waals surface area contributed by atoms with E-state index >= 15 is 0 Å². The van der Waals surface area contributed by atoms with E-state index in [-0.39, 0.29) is 0 Å². The second kappa shape index (κ2) is 6.37. The molecule has 0 heterocycles. The molecule has 0 saturated heterocycles. The van der Waals surface area contributed by atoms with E-state index in [9.17, 15) is 9.90 Å². The molecule has 2 aromatic rings. The van der Waals surface area contributed by atoms with Gasteiger partial charge in [0.25, 0.3) is 0 Å². The van der Waals surface area contributed by atoms with Crippen LogP contribution in [0.1, 0.15) is 11.7 Å². The summed E-state index contributed by atoms with van der Waals surface area (Å²) < 4.78 is 0. The van der Waals surface area contributed by atoms with Gasteiger partial charge in [-0.1, -0.05) is 54.1 Å². The SMILES string of the molecule is O=C(O)C=CC(O)c1ccc(-c2ccccc2Cl)cc1. The molecule has 0 fully saturated rings. The quantitative estimate of drug-likeness (QED) is 0.844. The van der Waals surface area contributed by atoms with Gasteiger partial charge in [0.05, 0.1) is 6.10 Å². The average molecular weight is 289 g/mol. The molecular formula is C16H13ClO3. The maximum atomic E-state index is 10.4. The van der Waals surface area contributed by atoms with Gasteiger partial charge >= 0.3 is 5.97 Å². The van der Waals surface area contributed by atoms with Gasteiger partial charge in [-0.15, -0.1) is 0 Å². The maximum Gasteiger partial charge on any atom is 0.328 e. The summed E-state index contributed by atoms with van der Waals surface area (Å²) >= 11 is 6.12. The summed E-state index contributed by atoms with van der Waals surface area (Å²) in [5.74, 6) is -1.09. The zero-order valence-electron chi connectivity index (χ0n) is 10.5. The number of aliphatic hydroxyl groups is 1. The van der Waals surface area contributed by atoms with Crippen LogP contribution in [0.3, 0.4) is 0 Å². The minimum Gasteiger partial charge on any atom is -0.478 e. The smallest absolute Gasteiger partial charge is 0.328 e. The Morgan fingerprint density at radius 1 is 1.10 bits per heavy atom. The predicted molar refractivity (Wildman–Crippen MR) is 78.6 cm³/mol. The standard InChI is InChI=1S/C16H13ClO3/c17-14-4-2-1-3-13(14)11-5-7-12(8-6-11)15(18)9-10-16(19)20/h1-10,15,18H,(H,19,20). The zero-order chi connectivity index (χ0) is 14.5. The molecule has 3 nitrogen and oxygen atoms in total. The van der Waals surface area contributed by atoms with E-state index in [2.05, 4.69) is 0 Å². The number of aliphatic hydroxyl groups excluding tert-OH is 1. The highest BCUT2D eigenvalue weighted by atomic mass is 35.5. The minimum absolute atomic E-state index is 0.623.